The number of H-pyrrole nitrogens is 1. The third-order valence-electron chi connectivity index (χ3n) is 4.88. The second kappa shape index (κ2) is 8.19. The van der Waals surface area contributed by atoms with Crippen LogP contribution in [0.4, 0.5) is 11.6 Å². The Hall–Kier alpha value is -3.95. The quantitative estimate of drug-likeness (QED) is 0.650. The second-order valence-corrected chi connectivity index (χ2v) is 6.76. The number of carbonyl (C=O) groups is 1. The van der Waals surface area contributed by atoms with Crippen molar-refractivity contribution in [3.8, 4) is 11.4 Å². The fourth-order valence-electron chi connectivity index (χ4n) is 3.32. The molecule has 0 bridgehead atoms. The summed E-state index contributed by atoms with van der Waals surface area (Å²) in [6, 6.07) is 8.02. The number of rotatable bonds is 5. The van der Waals surface area contributed by atoms with Crippen LogP contribution >= 0.6 is 0 Å². The third kappa shape index (κ3) is 3.79. The number of methoxy groups -OCH3 is 1. The van der Waals surface area contributed by atoms with Gasteiger partial charge in [0.25, 0.3) is 11.5 Å². The van der Waals surface area contributed by atoms with E-state index in [0.717, 1.165) is 42.5 Å². The van der Waals surface area contributed by atoms with Crippen molar-refractivity contribution in [2.45, 2.75) is 12.8 Å². The first-order chi connectivity index (χ1) is 14.6. The average molecular weight is 408 g/mol. The Morgan fingerprint density at radius 1 is 1.13 bits per heavy atom. The van der Waals surface area contributed by atoms with Crippen LogP contribution in [0, 0.1) is 0 Å². The first-order valence-corrected chi connectivity index (χ1v) is 9.44. The number of ether oxygens (including phenoxy) is 1. The summed E-state index contributed by atoms with van der Waals surface area (Å²) >= 11 is 0. The van der Waals surface area contributed by atoms with Crippen LogP contribution in [0.5, 0.6) is 5.75 Å². The van der Waals surface area contributed by atoms with Crippen LogP contribution in [-0.2, 0) is 0 Å². The van der Waals surface area contributed by atoms with E-state index in [4.69, 9.17) is 4.74 Å². The molecular weight excluding hydrogens is 388 g/mol. The molecule has 0 spiro atoms. The predicted octanol–water partition coefficient (Wildman–Crippen LogP) is 1.18. The molecule has 1 saturated heterocycles. The highest BCUT2D eigenvalue weighted by Crippen LogP contribution is 2.19. The van der Waals surface area contributed by atoms with Gasteiger partial charge in [-0.25, -0.2) is 19.3 Å². The van der Waals surface area contributed by atoms with Gasteiger partial charge in [-0.15, -0.1) is 0 Å². The van der Waals surface area contributed by atoms with E-state index in [1.165, 1.54) is 13.4 Å². The summed E-state index contributed by atoms with van der Waals surface area (Å²) in [6.07, 6.45) is 4.65. The van der Waals surface area contributed by atoms with Gasteiger partial charge in [0.05, 0.1) is 12.8 Å². The predicted molar refractivity (Wildman–Crippen MR) is 111 cm³/mol. The molecule has 1 aliphatic heterocycles. The molecule has 0 saturated carbocycles. The monoisotopic (exact) mass is 408 g/mol. The van der Waals surface area contributed by atoms with Crippen molar-refractivity contribution in [2.75, 3.05) is 30.4 Å². The summed E-state index contributed by atoms with van der Waals surface area (Å²) in [5.74, 6) is 0.896. The molecule has 30 heavy (non-hydrogen) atoms. The lowest BCUT2D eigenvalue weighted by atomic mass is 10.2. The molecule has 0 radical (unpaired) electrons. The van der Waals surface area contributed by atoms with E-state index in [-0.39, 0.29) is 11.4 Å². The van der Waals surface area contributed by atoms with Crippen LogP contribution in [-0.4, -0.2) is 45.6 Å². The van der Waals surface area contributed by atoms with Crippen LogP contribution in [0.25, 0.3) is 5.69 Å². The highest BCUT2D eigenvalue weighted by molar-refractivity contribution is 6.03. The minimum Gasteiger partial charge on any atom is -0.497 e. The van der Waals surface area contributed by atoms with Gasteiger partial charge in [0.1, 0.15) is 29.3 Å². The Morgan fingerprint density at radius 2 is 1.87 bits per heavy atom. The maximum absolute atomic E-state index is 12.9. The van der Waals surface area contributed by atoms with Crippen molar-refractivity contribution in [1.82, 2.24) is 19.5 Å². The van der Waals surface area contributed by atoms with Crippen molar-refractivity contribution >= 4 is 17.5 Å². The van der Waals surface area contributed by atoms with Gasteiger partial charge >= 0.3 is 5.69 Å². The van der Waals surface area contributed by atoms with Gasteiger partial charge in [-0.1, -0.05) is 0 Å². The van der Waals surface area contributed by atoms with Gasteiger partial charge < -0.3 is 19.9 Å². The molecule has 4 rings (SSSR count). The first-order valence-electron chi connectivity index (χ1n) is 9.44. The molecule has 2 N–H and O–H groups in total. The summed E-state index contributed by atoms with van der Waals surface area (Å²) in [4.78, 5) is 50.7. The molecule has 10 heteroatoms. The number of hydrogen-bond donors (Lipinski definition) is 2. The van der Waals surface area contributed by atoms with Gasteiger partial charge in [-0.3, -0.25) is 9.59 Å². The zero-order valence-corrected chi connectivity index (χ0v) is 16.3. The lowest BCUT2D eigenvalue weighted by Crippen LogP contribution is -2.38. The molecule has 3 heterocycles. The summed E-state index contributed by atoms with van der Waals surface area (Å²) in [6.45, 7) is 1.80. The van der Waals surface area contributed by atoms with E-state index in [1.807, 2.05) is 0 Å². The molecule has 1 amide bonds. The number of carbonyl (C=O) groups excluding carboxylic acids is 1. The number of anilines is 2. The van der Waals surface area contributed by atoms with Crippen molar-refractivity contribution in [3.05, 3.63) is 69.3 Å². The molecular formula is C20H20N6O4. The number of hydrogen-bond acceptors (Lipinski definition) is 7. The Labute approximate surface area is 171 Å². The standard InChI is InChI=1S/C20H20N6O4/c1-30-14-6-4-13(5-7-14)26-19(28)15(11-21-20(26)29)18(27)24-16-10-17(23-12-22-16)25-8-2-3-9-25/h4-7,10-12H,2-3,8-9H2,1H3,(H,21,29)(H,22,23,24,27). The number of aromatic amines is 1. The number of nitrogens with one attached hydrogen (secondary N) is 2. The fraction of sp³-hybridized carbons (Fsp3) is 0.250. The van der Waals surface area contributed by atoms with E-state index < -0.39 is 17.2 Å². The number of nitrogens with zero attached hydrogens (tertiary/aromatic N) is 4. The highest BCUT2D eigenvalue weighted by Gasteiger charge is 2.18. The lowest BCUT2D eigenvalue weighted by Gasteiger charge is -2.16. The second-order valence-electron chi connectivity index (χ2n) is 6.76. The summed E-state index contributed by atoms with van der Waals surface area (Å²) < 4.78 is 5.98. The molecule has 2 aromatic heterocycles. The highest BCUT2D eigenvalue weighted by atomic mass is 16.5. The molecule has 0 aliphatic carbocycles. The zero-order chi connectivity index (χ0) is 21.1. The topological polar surface area (TPSA) is 122 Å². The van der Waals surface area contributed by atoms with Crippen molar-refractivity contribution in [2.24, 2.45) is 0 Å². The van der Waals surface area contributed by atoms with Crippen LogP contribution in [0.1, 0.15) is 23.2 Å². The fourth-order valence-corrected chi connectivity index (χ4v) is 3.32. The Balaban J connectivity index is 1.62. The molecule has 3 aromatic rings. The number of aromatic nitrogens is 4. The van der Waals surface area contributed by atoms with Crippen molar-refractivity contribution in [3.63, 3.8) is 0 Å². The molecule has 0 unspecified atom stereocenters. The van der Waals surface area contributed by atoms with Crippen LogP contribution in [0.2, 0.25) is 0 Å². The molecule has 0 atom stereocenters. The molecule has 1 aliphatic rings. The van der Waals surface area contributed by atoms with E-state index in [9.17, 15) is 14.4 Å². The van der Waals surface area contributed by atoms with E-state index in [0.29, 0.717) is 11.4 Å². The van der Waals surface area contributed by atoms with Gasteiger partial charge in [0.15, 0.2) is 0 Å². The Morgan fingerprint density at radius 3 is 2.57 bits per heavy atom. The SMILES string of the molecule is COc1ccc(-n2c(=O)[nH]cc(C(=O)Nc3cc(N4CCCC4)ncn3)c2=O)cc1. The molecule has 1 fully saturated rings. The average Bonchev–Trinajstić information content (AvgIpc) is 3.29. The summed E-state index contributed by atoms with van der Waals surface area (Å²) in [5, 5.41) is 2.61. The summed E-state index contributed by atoms with van der Waals surface area (Å²) in [7, 11) is 1.52. The molecule has 10 nitrogen and oxygen atoms in total. The van der Waals surface area contributed by atoms with E-state index >= 15 is 0 Å². The van der Waals surface area contributed by atoms with E-state index in [2.05, 4.69) is 25.2 Å². The lowest BCUT2D eigenvalue weighted by molar-refractivity contribution is 0.102. The summed E-state index contributed by atoms with van der Waals surface area (Å²) in [5.41, 5.74) is -1.29. The maximum atomic E-state index is 12.9. The molecule has 154 valence electrons. The number of benzene rings is 1. The van der Waals surface area contributed by atoms with Gasteiger partial charge in [-0.2, -0.15) is 0 Å². The minimum absolute atomic E-state index is 0.216. The van der Waals surface area contributed by atoms with Crippen LogP contribution in [0.15, 0.2) is 52.4 Å². The van der Waals surface area contributed by atoms with E-state index in [1.54, 1.807) is 30.3 Å². The largest absolute Gasteiger partial charge is 0.497 e. The van der Waals surface area contributed by atoms with Gasteiger partial charge in [0.2, 0.25) is 0 Å². The molecule has 1 aromatic carbocycles. The maximum Gasteiger partial charge on any atom is 0.333 e. The van der Waals surface area contributed by atoms with Gasteiger partial charge in [-0.05, 0) is 37.1 Å². The first kappa shape index (κ1) is 19.4. The number of amides is 1. The van der Waals surface area contributed by atoms with Gasteiger partial charge in [0, 0.05) is 25.4 Å². The minimum atomic E-state index is -0.741. The smallest absolute Gasteiger partial charge is 0.333 e. The Bertz CT molecular complexity index is 1180. The third-order valence-corrected chi connectivity index (χ3v) is 4.88. The normalized spacial score (nSPS) is 13.3. The van der Waals surface area contributed by atoms with Crippen LogP contribution < -0.4 is 26.2 Å². The van der Waals surface area contributed by atoms with Crippen LogP contribution in [0.3, 0.4) is 0 Å². The Kier molecular flexibility index (Phi) is 5.29. The van der Waals surface area contributed by atoms with Crippen molar-refractivity contribution in [1.29, 1.82) is 0 Å². The zero-order valence-electron chi connectivity index (χ0n) is 16.3. The van der Waals surface area contributed by atoms with Crippen molar-refractivity contribution < 1.29 is 9.53 Å².